The fourth-order valence-corrected chi connectivity index (χ4v) is 2.33. The minimum Gasteiger partial charge on any atom is -0.435 e. The lowest BCUT2D eigenvalue weighted by atomic mass is 10.1. The molecule has 0 spiro atoms. The minimum absolute atomic E-state index is 0.0635. The first kappa shape index (κ1) is 15.9. The lowest BCUT2D eigenvalue weighted by Gasteiger charge is -2.09. The number of ether oxygens (including phenoxy) is 1. The highest BCUT2D eigenvalue weighted by Crippen LogP contribution is 2.16. The van der Waals surface area contributed by atoms with Crippen LogP contribution in [0.25, 0.3) is 10.9 Å². The third kappa shape index (κ3) is 3.84. The second kappa shape index (κ2) is 7.04. The van der Waals surface area contributed by atoms with Crippen LogP contribution < -0.4 is 10.1 Å². The van der Waals surface area contributed by atoms with E-state index in [9.17, 15) is 13.6 Å². The predicted octanol–water partition coefficient (Wildman–Crippen LogP) is 3.77. The second-order valence-electron chi connectivity index (χ2n) is 5.12. The van der Waals surface area contributed by atoms with Crippen LogP contribution in [0.2, 0.25) is 0 Å². The van der Waals surface area contributed by atoms with E-state index in [4.69, 9.17) is 0 Å². The quantitative estimate of drug-likeness (QED) is 0.776. The molecule has 0 aliphatic carbocycles. The number of alkyl halides is 2. The number of hydrogen-bond donors (Lipinski definition) is 1. The molecule has 0 bridgehead atoms. The molecule has 6 heteroatoms. The molecule has 3 aromatic rings. The van der Waals surface area contributed by atoms with Crippen LogP contribution in [0, 0.1) is 0 Å². The summed E-state index contributed by atoms with van der Waals surface area (Å²) in [5.74, 6) is -0.186. The molecule has 1 N–H and O–H groups in total. The van der Waals surface area contributed by atoms with Crippen molar-refractivity contribution in [3.8, 4) is 5.75 Å². The first-order valence-electron chi connectivity index (χ1n) is 7.28. The molecule has 0 radical (unpaired) electrons. The van der Waals surface area contributed by atoms with Crippen LogP contribution >= 0.6 is 0 Å². The van der Waals surface area contributed by atoms with Crippen LogP contribution in [-0.4, -0.2) is 17.5 Å². The van der Waals surface area contributed by atoms with Crippen molar-refractivity contribution in [2.45, 2.75) is 13.2 Å². The number of hydrogen-bond acceptors (Lipinski definition) is 3. The molecule has 2 aromatic carbocycles. The number of benzene rings is 2. The van der Waals surface area contributed by atoms with Gasteiger partial charge in [-0.25, -0.2) is 0 Å². The Morgan fingerprint density at radius 2 is 2.00 bits per heavy atom. The van der Waals surface area contributed by atoms with Gasteiger partial charge < -0.3 is 10.1 Å². The van der Waals surface area contributed by atoms with Gasteiger partial charge in [0.1, 0.15) is 5.75 Å². The van der Waals surface area contributed by atoms with Crippen molar-refractivity contribution in [1.82, 2.24) is 10.3 Å². The number of fused-ring (bicyclic) bond motifs is 1. The Morgan fingerprint density at radius 3 is 2.83 bits per heavy atom. The minimum atomic E-state index is -2.87. The SMILES string of the molecule is O=C(NCc1cccc(OC(F)F)c1)c1ccc2ncccc2c1. The summed E-state index contributed by atoms with van der Waals surface area (Å²) in [7, 11) is 0. The fraction of sp³-hybridized carbons (Fsp3) is 0.111. The summed E-state index contributed by atoms with van der Waals surface area (Å²) >= 11 is 0. The van der Waals surface area contributed by atoms with E-state index < -0.39 is 6.61 Å². The van der Waals surface area contributed by atoms with Gasteiger partial charge >= 0.3 is 6.61 Å². The summed E-state index contributed by atoms with van der Waals surface area (Å²) in [4.78, 5) is 16.4. The van der Waals surface area contributed by atoms with Crippen LogP contribution in [0.5, 0.6) is 5.75 Å². The van der Waals surface area contributed by atoms with E-state index >= 15 is 0 Å². The van der Waals surface area contributed by atoms with Crippen LogP contribution in [0.1, 0.15) is 15.9 Å². The zero-order chi connectivity index (χ0) is 16.9. The fourth-order valence-electron chi connectivity index (χ4n) is 2.33. The average molecular weight is 328 g/mol. The smallest absolute Gasteiger partial charge is 0.387 e. The summed E-state index contributed by atoms with van der Waals surface area (Å²) in [5, 5.41) is 3.63. The second-order valence-corrected chi connectivity index (χ2v) is 5.12. The van der Waals surface area contributed by atoms with E-state index in [1.54, 1.807) is 42.6 Å². The molecule has 1 amide bonds. The molecule has 0 atom stereocenters. The monoisotopic (exact) mass is 328 g/mol. The molecule has 0 saturated heterocycles. The van der Waals surface area contributed by atoms with Gasteiger partial charge in [0.25, 0.3) is 5.91 Å². The largest absolute Gasteiger partial charge is 0.435 e. The zero-order valence-corrected chi connectivity index (χ0v) is 12.6. The Hall–Kier alpha value is -3.02. The van der Waals surface area contributed by atoms with Gasteiger partial charge in [-0.1, -0.05) is 18.2 Å². The van der Waals surface area contributed by atoms with Crippen molar-refractivity contribution in [2.75, 3.05) is 0 Å². The van der Waals surface area contributed by atoms with E-state index in [0.29, 0.717) is 11.1 Å². The number of nitrogens with one attached hydrogen (secondary N) is 1. The molecule has 122 valence electrons. The van der Waals surface area contributed by atoms with E-state index in [1.807, 2.05) is 6.07 Å². The summed E-state index contributed by atoms with van der Waals surface area (Å²) < 4.78 is 28.8. The first-order valence-corrected chi connectivity index (χ1v) is 7.28. The van der Waals surface area contributed by atoms with Gasteiger partial charge in [-0.2, -0.15) is 8.78 Å². The highest BCUT2D eigenvalue weighted by molar-refractivity contribution is 5.97. The van der Waals surface area contributed by atoms with Gasteiger partial charge in [-0.3, -0.25) is 9.78 Å². The van der Waals surface area contributed by atoms with E-state index in [1.165, 1.54) is 12.1 Å². The van der Waals surface area contributed by atoms with Crippen LogP contribution in [0.4, 0.5) is 8.78 Å². The van der Waals surface area contributed by atoms with Crippen molar-refractivity contribution < 1.29 is 18.3 Å². The van der Waals surface area contributed by atoms with Gasteiger partial charge in [0.15, 0.2) is 0 Å². The topological polar surface area (TPSA) is 51.2 Å². The Bertz CT molecular complexity index is 868. The Labute approximate surface area is 137 Å². The third-order valence-electron chi connectivity index (χ3n) is 3.44. The molecule has 3 rings (SSSR count). The molecule has 24 heavy (non-hydrogen) atoms. The van der Waals surface area contributed by atoms with Gasteiger partial charge in [0.05, 0.1) is 5.52 Å². The number of aromatic nitrogens is 1. The van der Waals surface area contributed by atoms with Gasteiger partial charge in [-0.05, 0) is 42.0 Å². The number of rotatable bonds is 5. The Kier molecular flexibility index (Phi) is 4.65. The number of pyridine rings is 1. The van der Waals surface area contributed by atoms with Crippen LogP contribution in [-0.2, 0) is 6.54 Å². The standard InChI is InChI=1S/C18H14F2N2O2/c19-18(20)24-15-5-1-3-12(9-15)11-22-17(23)14-6-7-16-13(10-14)4-2-8-21-16/h1-10,18H,11H2,(H,22,23). The molecular formula is C18H14F2N2O2. The number of halogens is 2. The molecule has 4 nitrogen and oxygen atoms in total. The predicted molar refractivity (Wildman–Crippen MR) is 86.0 cm³/mol. The maximum atomic E-state index is 12.2. The number of carbonyl (C=O) groups excluding carboxylic acids is 1. The number of nitrogens with zero attached hydrogens (tertiary/aromatic N) is 1. The van der Waals surface area contributed by atoms with Gasteiger partial charge in [0.2, 0.25) is 0 Å². The lowest BCUT2D eigenvalue weighted by molar-refractivity contribution is -0.0498. The van der Waals surface area contributed by atoms with Gasteiger partial charge in [0, 0.05) is 23.7 Å². The molecule has 0 fully saturated rings. The van der Waals surface area contributed by atoms with Crippen molar-refractivity contribution >= 4 is 16.8 Å². The first-order chi connectivity index (χ1) is 11.6. The normalized spacial score (nSPS) is 10.8. The maximum Gasteiger partial charge on any atom is 0.387 e. The van der Waals surface area contributed by atoms with Crippen LogP contribution in [0.3, 0.4) is 0 Å². The van der Waals surface area contributed by atoms with E-state index in [2.05, 4.69) is 15.0 Å². The third-order valence-corrected chi connectivity index (χ3v) is 3.44. The van der Waals surface area contributed by atoms with Crippen molar-refractivity contribution in [3.05, 3.63) is 71.9 Å². The van der Waals surface area contributed by atoms with E-state index in [-0.39, 0.29) is 18.2 Å². The van der Waals surface area contributed by atoms with Crippen LogP contribution in [0.15, 0.2) is 60.8 Å². The van der Waals surface area contributed by atoms with Gasteiger partial charge in [-0.15, -0.1) is 0 Å². The van der Waals surface area contributed by atoms with Crippen molar-refractivity contribution in [1.29, 1.82) is 0 Å². The summed E-state index contributed by atoms with van der Waals surface area (Å²) in [6, 6.07) is 15.1. The van der Waals surface area contributed by atoms with E-state index in [0.717, 1.165) is 10.9 Å². The molecule has 0 aliphatic heterocycles. The molecule has 1 aromatic heterocycles. The molecule has 0 saturated carbocycles. The molecule has 0 unspecified atom stereocenters. The molecular weight excluding hydrogens is 314 g/mol. The highest BCUT2D eigenvalue weighted by Gasteiger charge is 2.08. The Balaban J connectivity index is 1.68. The summed E-state index contributed by atoms with van der Waals surface area (Å²) in [6.07, 6.45) is 1.69. The van der Waals surface area contributed by atoms with Crippen molar-refractivity contribution in [3.63, 3.8) is 0 Å². The number of carbonyl (C=O) groups is 1. The Morgan fingerprint density at radius 1 is 1.12 bits per heavy atom. The number of amides is 1. The zero-order valence-electron chi connectivity index (χ0n) is 12.6. The highest BCUT2D eigenvalue weighted by atomic mass is 19.3. The maximum absolute atomic E-state index is 12.2. The lowest BCUT2D eigenvalue weighted by Crippen LogP contribution is -2.22. The summed E-state index contributed by atoms with van der Waals surface area (Å²) in [6.45, 7) is -2.66. The molecule has 1 heterocycles. The molecule has 0 aliphatic rings. The summed E-state index contributed by atoms with van der Waals surface area (Å²) in [5.41, 5.74) is 1.99. The average Bonchev–Trinajstić information content (AvgIpc) is 2.59. The van der Waals surface area contributed by atoms with Crippen molar-refractivity contribution in [2.24, 2.45) is 0 Å².